The number of nitriles is 1. The number of hydrogen-bond donors (Lipinski definition) is 0. The van der Waals surface area contributed by atoms with Crippen molar-refractivity contribution in [2.24, 2.45) is 5.92 Å². The third-order valence-corrected chi connectivity index (χ3v) is 6.22. The molecule has 0 atom stereocenters. The summed E-state index contributed by atoms with van der Waals surface area (Å²) in [5.41, 5.74) is -3.20. The minimum Gasteiger partial charge on any atom is -0.454 e. The van der Waals surface area contributed by atoms with Crippen LogP contribution < -0.4 is 14.5 Å². The number of ether oxygens (including phenoxy) is 2. The van der Waals surface area contributed by atoms with Gasteiger partial charge in [0.1, 0.15) is 5.54 Å². The van der Waals surface area contributed by atoms with E-state index < -0.39 is 47.3 Å². The van der Waals surface area contributed by atoms with Gasteiger partial charge >= 0.3 is 12.1 Å². The molecule has 4 rings (SSSR count). The molecule has 0 radical (unpaired) electrons. The summed E-state index contributed by atoms with van der Waals surface area (Å²) in [5.74, 6) is -2.21. The van der Waals surface area contributed by atoms with E-state index in [2.05, 4.69) is 0 Å². The van der Waals surface area contributed by atoms with Crippen molar-refractivity contribution in [1.29, 1.82) is 5.26 Å². The molecule has 0 bridgehead atoms. The van der Waals surface area contributed by atoms with Gasteiger partial charge < -0.3 is 14.4 Å². The molecule has 0 spiro atoms. The maximum atomic E-state index is 14.8. The van der Waals surface area contributed by atoms with Crippen LogP contribution in [0.4, 0.5) is 28.9 Å². The van der Waals surface area contributed by atoms with E-state index in [9.17, 15) is 27.2 Å². The molecule has 2 aliphatic rings. The Kier molecular flexibility index (Phi) is 6.38. The number of alkyl halides is 3. The van der Waals surface area contributed by atoms with E-state index in [1.165, 1.54) is 43.0 Å². The minimum atomic E-state index is -4.83. The lowest BCUT2D eigenvalue weighted by molar-refractivity contribution is -0.151. The minimum absolute atomic E-state index is 0.136. The third kappa shape index (κ3) is 4.58. The van der Waals surface area contributed by atoms with Crippen LogP contribution in [0.25, 0.3) is 0 Å². The van der Waals surface area contributed by atoms with Gasteiger partial charge in [0, 0.05) is 11.8 Å². The van der Waals surface area contributed by atoms with E-state index in [0.717, 1.165) is 29.9 Å². The van der Waals surface area contributed by atoms with Crippen molar-refractivity contribution in [1.82, 2.24) is 0 Å². The first-order valence-corrected chi connectivity index (χ1v) is 11.2. The van der Waals surface area contributed by atoms with E-state index in [1.807, 2.05) is 0 Å². The van der Waals surface area contributed by atoms with Gasteiger partial charge in [-0.1, -0.05) is 0 Å². The highest BCUT2D eigenvalue weighted by molar-refractivity contribution is 7.81. The predicted octanol–water partition coefficient (Wildman–Crippen LogP) is 4.92. The number of nitrogens with zero attached hydrogens (tertiary/aromatic N) is 3. The molecule has 36 heavy (non-hydrogen) atoms. The molecule has 1 saturated heterocycles. The lowest BCUT2D eigenvalue weighted by Gasteiger charge is -2.29. The summed E-state index contributed by atoms with van der Waals surface area (Å²) in [6.45, 7) is 2.52. The summed E-state index contributed by atoms with van der Waals surface area (Å²) in [6.07, 6.45) is -3.32. The van der Waals surface area contributed by atoms with E-state index >= 15 is 0 Å². The lowest BCUT2D eigenvalue weighted by atomic mass is 10.0. The molecule has 1 amide bonds. The van der Waals surface area contributed by atoms with E-state index in [-0.39, 0.29) is 28.2 Å². The monoisotopic (exact) mass is 521 g/mol. The zero-order chi connectivity index (χ0) is 26.4. The SMILES string of the molecule is CC1(C)C(=O)N(c2ccc(C#N)c(C(F)(F)F)c2)C(=S)N1c1ccc(OCOC(=O)C2CC2)c(F)c1. The van der Waals surface area contributed by atoms with Gasteiger partial charge in [-0.25, -0.2) is 4.39 Å². The van der Waals surface area contributed by atoms with Crippen LogP contribution in [-0.4, -0.2) is 29.3 Å². The fourth-order valence-corrected chi connectivity index (χ4v) is 4.32. The van der Waals surface area contributed by atoms with Crippen LogP contribution in [0.1, 0.15) is 37.8 Å². The first-order valence-electron chi connectivity index (χ1n) is 10.8. The van der Waals surface area contributed by atoms with Gasteiger partial charge in [0.25, 0.3) is 5.91 Å². The van der Waals surface area contributed by atoms with Crippen LogP contribution in [0.5, 0.6) is 5.75 Å². The lowest BCUT2D eigenvalue weighted by Crippen LogP contribution is -2.44. The third-order valence-electron chi connectivity index (χ3n) is 5.86. The second kappa shape index (κ2) is 9.05. The maximum Gasteiger partial charge on any atom is 0.417 e. The Hall–Kier alpha value is -3.72. The maximum absolute atomic E-state index is 14.8. The fourth-order valence-electron chi connectivity index (χ4n) is 3.79. The Labute approximate surface area is 208 Å². The molecule has 0 unspecified atom stereocenters. The highest BCUT2D eigenvalue weighted by Gasteiger charge is 2.51. The number of hydrogen-bond acceptors (Lipinski definition) is 6. The molecule has 0 aromatic heterocycles. The quantitative estimate of drug-likeness (QED) is 0.231. The van der Waals surface area contributed by atoms with Gasteiger partial charge in [0.15, 0.2) is 16.7 Å². The van der Waals surface area contributed by atoms with Gasteiger partial charge in [-0.2, -0.15) is 18.4 Å². The first kappa shape index (κ1) is 25.4. The number of thiocarbonyl (C=S) groups is 1. The smallest absolute Gasteiger partial charge is 0.417 e. The molecule has 2 fully saturated rings. The summed E-state index contributed by atoms with van der Waals surface area (Å²) in [6, 6.07) is 8.08. The molecule has 1 saturated carbocycles. The summed E-state index contributed by atoms with van der Waals surface area (Å²) in [5, 5.41) is 8.87. The molecular weight excluding hydrogens is 502 g/mol. The first-order chi connectivity index (χ1) is 16.9. The number of benzene rings is 2. The van der Waals surface area contributed by atoms with Crippen molar-refractivity contribution in [3.05, 3.63) is 53.3 Å². The van der Waals surface area contributed by atoms with Crippen LogP contribution >= 0.6 is 12.2 Å². The normalized spacial score (nSPS) is 17.2. The standard InChI is InChI=1S/C24H19F4N3O4S/c1-23(2)21(33)30(15-6-5-14(11-29)17(9-15)24(26,27)28)22(36)31(23)16-7-8-19(18(25)10-16)34-12-35-20(32)13-3-4-13/h5-10,13H,3-4,12H2,1-2H3. The van der Waals surface area contributed by atoms with Crippen molar-refractivity contribution in [2.75, 3.05) is 16.6 Å². The molecular formula is C24H19F4N3O4S. The van der Waals surface area contributed by atoms with Crippen LogP contribution in [0, 0.1) is 23.1 Å². The summed E-state index contributed by atoms with van der Waals surface area (Å²) in [4.78, 5) is 27.1. The van der Waals surface area contributed by atoms with Gasteiger partial charge in [0.05, 0.1) is 28.8 Å². The highest BCUT2D eigenvalue weighted by atomic mass is 32.1. The van der Waals surface area contributed by atoms with E-state index in [4.69, 9.17) is 27.0 Å². The topological polar surface area (TPSA) is 82.9 Å². The second-order valence-electron chi connectivity index (χ2n) is 8.77. The van der Waals surface area contributed by atoms with Crippen molar-refractivity contribution >= 4 is 40.6 Å². The fraction of sp³-hybridized carbons (Fsp3) is 0.333. The van der Waals surface area contributed by atoms with Crippen molar-refractivity contribution < 1.29 is 36.6 Å². The van der Waals surface area contributed by atoms with Gasteiger partial charge in [-0.05, 0) is 69.2 Å². The molecule has 1 heterocycles. The van der Waals surface area contributed by atoms with Gasteiger partial charge in [0.2, 0.25) is 6.79 Å². The number of amides is 1. The largest absolute Gasteiger partial charge is 0.454 e. The molecule has 1 aliphatic heterocycles. The van der Waals surface area contributed by atoms with Gasteiger partial charge in [-0.15, -0.1) is 0 Å². The van der Waals surface area contributed by atoms with E-state index in [1.54, 1.807) is 0 Å². The number of rotatable bonds is 6. The Bertz CT molecular complexity index is 1300. The number of carbonyl (C=O) groups excluding carboxylic acids is 2. The zero-order valence-corrected chi connectivity index (χ0v) is 19.9. The predicted molar refractivity (Wildman–Crippen MR) is 124 cm³/mol. The van der Waals surface area contributed by atoms with Crippen molar-refractivity contribution in [3.8, 4) is 11.8 Å². The van der Waals surface area contributed by atoms with Crippen LogP contribution in [0.15, 0.2) is 36.4 Å². The Balaban J connectivity index is 1.60. The van der Waals surface area contributed by atoms with Crippen LogP contribution in [0.2, 0.25) is 0 Å². The highest BCUT2D eigenvalue weighted by Crippen LogP contribution is 2.40. The molecule has 12 heteroatoms. The summed E-state index contributed by atoms with van der Waals surface area (Å²) >= 11 is 5.43. The van der Waals surface area contributed by atoms with Crippen molar-refractivity contribution in [2.45, 2.75) is 38.4 Å². The van der Waals surface area contributed by atoms with Crippen LogP contribution in [0.3, 0.4) is 0 Å². The molecule has 2 aromatic rings. The van der Waals surface area contributed by atoms with Gasteiger partial charge in [-0.3, -0.25) is 14.5 Å². The Morgan fingerprint density at radius 1 is 1.19 bits per heavy atom. The Morgan fingerprint density at radius 3 is 2.44 bits per heavy atom. The molecule has 1 aliphatic carbocycles. The number of anilines is 2. The second-order valence-corrected chi connectivity index (χ2v) is 9.14. The molecule has 2 aromatic carbocycles. The zero-order valence-electron chi connectivity index (χ0n) is 19.1. The number of halogens is 4. The Morgan fingerprint density at radius 2 is 1.86 bits per heavy atom. The van der Waals surface area contributed by atoms with Crippen LogP contribution in [-0.2, 0) is 20.5 Å². The molecule has 0 N–H and O–H groups in total. The van der Waals surface area contributed by atoms with Crippen molar-refractivity contribution in [3.63, 3.8) is 0 Å². The van der Waals surface area contributed by atoms with E-state index in [0.29, 0.717) is 6.07 Å². The summed E-state index contributed by atoms with van der Waals surface area (Å²) < 4.78 is 65.3. The number of carbonyl (C=O) groups is 2. The molecule has 188 valence electrons. The number of esters is 1. The average molecular weight is 521 g/mol. The summed E-state index contributed by atoms with van der Waals surface area (Å²) in [7, 11) is 0. The molecule has 7 nitrogen and oxygen atoms in total. The average Bonchev–Trinajstić information content (AvgIpc) is 3.63.